The predicted octanol–water partition coefficient (Wildman–Crippen LogP) is 0.256. The van der Waals surface area contributed by atoms with E-state index in [0.717, 1.165) is 5.56 Å². The Morgan fingerprint density at radius 3 is 2.23 bits per heavy atom. The highest BCUT2D eigenvalue weighted by Gasteiger charge is 2.35. The van der Waals surface area contributed by atoms with E-state index in [1.54, 1.807) is 36.4 Å². The number of carbonyl (C=O) groups excluding carboxylic acids is 3. The minimum atomic E-state index is -1.91. The van der Waals surface area contributed by atoms with Gasteiger partial charge in [0.2, 0.25) is 0 Å². The van der Waals surface area contributed by atoms with Gasteiger partial charge >= 0.3 is 0 Å². The second-order valence-corrected chi connectivity index (χ2v) is 7.27. The van der Waals surface area contributed by atoms with Crippen LogP contribution in [0.1, 0.15) is 16.1 Å². The lowest BCUT2D eigenvalue weighted by Gasteiger charge is -2.35. The van der Waals surface area contributed by atoms with E-state index in [4.69, 9.17) is 16.0 Å². The average Bonchev–Trinajstić information content (AvgIpc) is 3.31. The number of nitrogens with zero attached hydrogens (tertiary/aromatic N) is 2. The molecule has 0 spiro atoms. The third kappa shape index (κ3) is 5.18. The van der Waals surface area contributed by atoms with Crippen LogP contribution in [0.5, 0.6) is 0 Å². The van der Waals surface area contributed by atoms with Gasteiger partial charge in [0.15, 0.2) is 18.0 Å². The fraction of sp³-hybridized carbons (Fsp3) is 0.350. The highest BCUT2D eigenvalue weighted by atomic mass is 35.5. The van der Waals surface area contributed by atoms with Crippen LogP contribution in [0.3, 0.4) is 0 Å². The van der Waals surface area contributed by atoms with Crippen molar-refractivity contribution in [2.24, 2.45) is 0 Å². The largest absolute Gasteiger partial charge is 0.459 e. The first-order valence-electron chi connectivity index (χ1n) is 9.36. The van der Waals surface area contributed by atoms with Gasteiger partial charge in [0.05, 0.1) is 6.26 Å². The van der Waals surface area contributed by atoms with Crippen LogP contribution < -0.4 is 5.32 Å². The van der Waals surface area contributed by atoms with Gasteiger partial charge in [-0.1, -0.05) is 23.7 Å². The molecule has 3 rings (SSSR count). The Morgan fingerprint density at radius 2 is 1.63 bits per heavy atom. The lowest BCUT2D eigenvalue weighted by Crippen LogP contribution is -2.56. The fourth-order valence-electron chi connectivity index (χ4n) is 3.05. The number of aliphatic hydroxyl groups excluding tert-OH is 2. The molecular weight excluding hydrogens is 414 g/mol. The molecule has 9 nitrogen and oxygen atoms in total. The van der Waals surface area contributed by atoms with Crippen LogP contribution in [0, 0.1) is 0 Å². The van der Waals surface area contributed by atoms with Crippen LogP contribution in [-0.4, -0.2) is 76.1 Å². The lowest BCUT2D eigenvalue weighted by atomic mass is 10.1. The van der Waals surface area contributed by atoms with Gasteiger partial charge in [0.25, 0.3) is 17.7 Å². The molecule has 2 atom stereocenters. The molecule has 1 aromatic heterocycles. The molecule has 2 aromatic rings. The van der Waals surface area contributed by atoms with Crippen LogP contribution in [-0.2, 0) is 16.1 Å². The Labute approximate surface area is 177 Å². The SMILES string of the molecule is O=C(NCc1ccc(Cl)cc1)[C@H](O)[C@@H](O)C(=O)N1CCN(C(=O)c2ccco2)CC1. The molecule has 3 N–H and O–H groups in total. The van der Waals surface area contributed by atoms with Gasteiger partial charge in [-0.25, -0.2) is 0 Å². The van der Waals surface area contributed by atoms with Crippen molar-refractivity contribution in [3.63, 3.8) is 0 Å². The molecule has 1 aromatic carbocycles. The van der Waals surface area contributed by atoms with Crippen LogP contribution in [0.25, 0.3) is 0 Å². The number of aliphatic hydroxyl groups is 2. The minimum Gasteiger partial charge on any atom is -0.459 e. The standard InChI is InChI=1S/C20H22ClN3O6/c21-14-5-3-13(4-6-14)12-22-18(27)16(25)17(26)20(29)24-9-7-23(8-10-24)19(28)15-2-1-11-30-15/h1-6,11,16-17,25-26H,7-10,12H2,(H,22,27)/t16-,17-/m1/s1. The second-order valence-electron chi connectivity index (χ2n) is 6.83. The normalized spacial score (nSPS) is 16.1. The Morgan fingerprint density at radius 1 is 1.00 bits per heavy atom. The molecule has 1 aliphatic heterocycles. The number of hydrogen-bond acceptors (Lipinski definition) is 6. The van der Waals surface area contributed by atoms with Gasteiger partial charge < -0.3 is 29.7 Å². The van der Waals surface area contributed by atoms with Gasteiger partial charge in [0, 0.05) is 37.7 Å². The predicted molar refractivity (Wildman–Crippen MR) is 107 cm³/mol. The van der Waals surface area contributed by atoms with Crippen molar-refractivity contribution in [1.29, 1.82) is 0 Å². The molecule has 1 saturated heterocycles. The first kappa shape index (κ1) is 21.8. The third-order valence-corrected chi connectivity index (χ3v) is 5.06. The van der Waals surface area contributed by atoms with Crippen molar-refractivity contribution in [3.8, 4) is 0 Å². The van der Waals surface area contributed by atoms with Gasteiger partial charge in [-0.15, -0.1) is 0 Å². The number of furan rings is 1. The summed E-state index contributed by atoms with van der Waals surface area (Å²) in [4.78, 5) is 39.7. The minimum absolute atomic E-state index is 0.113. The van der Waals surface area contributed by atoms with Crippen LogP contribution >= 0.6 is 11.6 Å². The van der Waals surface area contributed by atoms with E-state index in [1.165, 1.54) is 16.1 Å². The molecule has 0 saturated carbocycles. The fourth-order valence-corrected chi connectivity index (χ4v) is 3.17. The van der Waals surface area contributed by atoms with E-state index in [0.29, 0.717) is 5.02 Å². The van der Waals surface area contributed by atoms with Crippen LogP contribution in [0.4, 0.5) is 0 Å². The number of hydrogen-bond donors (Lipinski definition) is 3. The van der Waals surface area contributed by atoms with Crippen molar-refractivity contribution in [2.75, 3.05) is 26.2 Å². The highest BCUT2D eigenvalue weighted by molar-refractivity contribution is 6.30. The molecule has 2 heterocycles. The summed E-state index contributed by atoms with van der Waals surface area (Å²) in [6.07, 6.45) is -2.40. The van der Waals surface area contributed by atoms with Gasteiger partial charge in [-0.2, -0.15) is 0 Å². The van der Waals surface area contributed by atoms with E-state index in [9.17, 15) is 24.6 Å². The maximum absolute atomic E-state index is 12.5. The number of amides is 3. The monoisotopic (exact) mass is 435 g/mol. The molecule has 0 radical (unpaired) electrons. The first-order valence-corrected chi connectivity index (χ1v) is 9.74. The highest BCUT2D eigenvalue weighted by Crippen LogP contribution is 2.12. The Balaban J connectivity index is 1.48. The van der Waals surface area contributed by atoms with Gasteiger partial charge in [-0.05, 0) is 29.8 Å². The van der Waals surface area contributed by atoms with Crippen molar-refractivity contribution < 1.29 is 29.0 Å². The summed E-state index contributed by atoms with van der Waals surface area (Å²) in [5.41, 5.74) is 0.748. The zero-order chi connectivity index (χ0) is 21.7. The molecular formula is C20H22ClN3O6. The quantitative estimate of drug-likeness (QED) is 0.598. The summed E-state index contributed by atoms with van der Waals surface area (Å²) in [7, 11) is 0. The number of benzene rings is 1. The Hall–Kier alpha value is -2.88. The summed E-state index contributed by atoms with van der Waals surface area (Å²) < 4.78 is 5.08. The van der Waals surface area contributed by atoms with Crippen molar-refractivity contribution in [3.05, 3.63) is 59.0 Å². The molecule has 1 aliphatic rings. The van der Waals surface area contributed by atoms with E-state index < -0.39 is 24.0 Å². The topological polar surface area (TPSA) is 123 Å². The zero-order valence-corrected chi connectivity index (χ0v) is 16.8. The number of piperazine rings is 1. The number of carbonyl (C=O) groups is 3. The summed E-state index contributed by atoms with van der Waals surface area (Å²) >= 11 is 5.80. The van der Waals surface area contributed by atoms with Gasteiger partial charge in [-0.3, -0.25) is 14.4 Å². The molecule has 0 bridgehead atoms. The van der Waals surface area contributed by atoms with Gasteiger partial charge in [0.1, 0.15) is 0 Å². The molecule has 1 fully saturated rings. The molecule has 30 heavy (non-hydrogen) atoms. The Kier molecular flexibility index (Phi) is 7.09. The smallest absolute Gasteiger partial charge is 0.289 e. The number of halogens is 1. The van der Waals surface area contributed by atoms with E-state index >= 15 is 0 Å². The first-order chi connectivity index (χ1) is 14.4. The maximum Gasteiger partial charge on any atom is 0.289 e. The number of nitrogens with one attached hydrogen (secondary N) is 1. The van der Waals surface area contributed by atoms with Crippen molar-refractivity contribution in [2.45, 2.75) is 18.8 Å². The third-order valence-electron chi connectivity index (χ3n) is 4.81. The van der Waals surface area contributed by atoms with Crippen molar-refractivity contribution >= 4 is 29.3 Å². The molecule has 160 valence electrons. The maximum atomic E-state index is 12.5. The molecule has 0 aliphatic carbocycles. The molecule has 10 heteroatoms. The summed E-state index contributed by atoms with van der Waals surface area (Å²) in [5, 5.41) is 23.2. The molecule has 3 amide bonds. The summed E-state index contributed by atoms with van der Waals surface area (Å²) in [5.74, 6) is -1.71. The van der Waals surface area contributed by atoms with E-state index in [2.05, 4.69) is 5.32 Å². The Bertz CT molecular complexity index is 878. The van der Waals surface area contributed by atoms with Crippen LogP contribution in [0.2, 0.25) is 5.02 Å². The number of rotatable bonds is 6. The summed E-state index contributed by atoms with van der Waals surface area (Å²) in [6.45, 7) is 0.943. The average molecular weight is 436 g/mol. The van der Waals surface area contributed by atoms with E-state index in [1.807, 2.05) is 0 Å². The second kappa shape index (κ2) is 9.75. The van der Waals surface area contributed by atoms with E-state index in [-0.39, 0.29) is 44.4 Å². The van der Waals surface area contributed by atoms with Crippen molar-refractivity contribution in [1.82, 2.24) is 15.1 Å². The lowest BCUT2D eigenvalue weighted by molar-refractivity contribution is -0.154. The summed E-state index contributed by atoms with van der Waals surface area (Å²) in [6, 6.07) is 9.91. The zero-order valence-electron chi connectivity index (χ0n) is 16.0. The van der Waals surface area contributed by atoms with Crippen LogP contribution in [0.15, 0.2) is 47.1 Å². The molecule has 0 unspecified atom stereocenters.